The van der Waals surface area contributed by atoms with Gasteiger partial charge in [-0.05, 0) is 24.3 Å². The Balaban J connectivity index is 2.34. The van der Waals surface area contributed by atoms with Crippen LogP contribution < -0.4 is 18.9 Å². The van der Waals surface area contributed by atoms with Crippen LogP contribution in [0.5, 0.6) is 34.5 Å². The highest BCUT2D eigenvalue weighted by Gasteiger charge is 2.11. The predicted molar refractivity (Wildman–Crippen MR) is 74.3 cm³/mol. The molecule has 1 N–H and O–H groups in total. The molecule has 2 rings (SSSR count). The number of hydrogen-bond acceptors (Lipinski definition) is 5. The molecule has 0 aliphatic carbocycles. The van der Waals surface area contributed by atoms with Crippen molar-refractivity contribution < 1.29 is 24.1 Å². The van der Waals surface area contributed by atoms with Gasteiger partial charge in [0.25, 0.3) is 0 Å². The maximum absolute atomic E-state index is 9.81. The van der Waals surface area contributed by atoms with Gasteiger partial charge < -0.3 is 24.1 Å². The molecule has 2 aromatic carbocycles. The molecular formula is C15H16O5. The molecule has 0 unspecified atom stereocenters. The molecule has 0 aliphatic rings. The lowest BCUT2D eigenvalue weighted by atomic mass is 10.2. The largest absolute Gasteiger partial charge is 0.504 e. The molecule has 0 bridgehead atoms. The average Bonchev–Trinajstić information content (AvgIpc) is 2.49. The summed E-state index contributed by atoms with van der Waals surface area (Å²) >= 11 is 0. The van der Waals surface area contributed by atoms with Crippen LogP contribution in [0.1, 0.15) is 0 Å². The van der Waals surface area contributed by atoms with Gasteiger partial charge in [-0.2, -0.15) is 0 Å². The van der Waals surface area contributed by atoms with E-state index in [0.717, 1.165) is 0 Å². The molecule has 0 saturated carbocycles. The van der Waals surface area contributed by atoms with E-state index in [1.54, 1.807) is 44.6 Å². The smallest absolute Gasteiger partial charge is 0.172 e. The summed E-state index contributed by atoms with van der Waals surface area (Å²) in [5.74, 6) is 2.52. The zero-order chi connectivity index (χ0) is 14.5. The van der Waals surface area contributed by atoms with E-state index in [9.17, 15) is 5.11 Å². The Kier molecular flexibility index (Phi) is 4.20. The van der Waals surface area contributed by atoms with E-state index in [2.05, 4.69) is 0 Å². The number of phenols is 1. The third-order valence-electron chi connectivity index (χ3n) is 2.76. The number of hydrogen-bond donors (Lipinski definition) is 1. The Hall–Kier alpha value is -2.56. The molecule has 0 spiro atoms. The van der Waals surface area contributed by atoms with Crippen LogP contribution in [0.3, 0.4) is 0 Å². The molecule has 0 fully saturated rings. The molecule has 0 saturated heterocycles. The fourth-order valence-electron chi connectivity index (χ4n) is 1.68. The molecular weight excluding hydrogens is 260 g/mol. The van der Waals surface area contributed by atoms with Gasteiger partial charge in [0.05, 0.1) is 21.3 Å². The highest BCUT2D eigenvalue weighted by atomic mass is 16.5. The first-order valence-electron chi connectivity index (χ1n) is 5.95. The van der Waals surface area contributed by atoms with Gasteiger partial charge in [0.2, 0.25) is 0 Å². The lowest BCUT2D eigenvalue weighted by Gasteiger charge is -2.13. The summed E-state index contributed by atoms with van der Waals surface area (Å²) in [5, 5.41) is 9.81. The van der Waals surface area contributed by atoms with Gasteiger partial charge in [-0.3, -0.25) is 0 Å². The Morgan fingerprint density at radius 1 is 0.700 bits per heavy atom. The van der Waals surface area contributed by atoms with Crippen molar-refractivity contribution in [2.24, 2.45) is 0 Å². The highest BCUT2D eigenvalue weighted by Crippen LogP contribution is 2.39. The summed E-state index contributed by atoms with van der Waals surface area (Å²) in [7, 11) is 4.65. The second-order valence-electron chi connectivity index (χ2n) is 3.95. The second-order valence-corrected chi connectivity index (χ2v) is 3.95. The van der Waals surface area contributed by atoms with Crippen molar-refractivity contribution in [3.05, 3.63) is 36.4 Å². The van der Waals surface area contributed by atoms with E-state index in [-0.39, 0.29) is 11.5 Å². The quantitative estimate of drug-likeness (QED) is 0.908. The first-order valence-corrected chi connectivity index (χ1v) is 5.95. The summed E-state index contributed by atoms with van der Waals surface area (Å²) < 4.78 is 21.1. The first-order chi connectivity index (χ1) is 9.67. The number of phenolic OH excluding ortho intramolecular Hbond substituents is 1. The van der Waals surface area contributed by atoms with Gasteiger partial charge in [0, 0.05) is 12.1 Å². The Bertz CT molecular complexity index is 595. The Morgan fingerprint density at radius 3 is 1.90 bits per heavy atom. The minimum atomic E-state index is 0.0173. The number of ether oxygens (including phenoxy) is 4. The van der Waals surface area contributed by atoms with E-state index >= 15 is 0 Å². The van der Waals surface area contributed by atoms with Crippen LogP contribution in [0.15, 0.2) is 36.4 Å². The Labute approximate surface area is 117 Å². The van der Waals surface area contributed by atoms with Crippen molar-refractivity contribution >= 4 is 0 Å². The first kappa shape index (κ1) is 13.9. The molecule has 2 aromatic rings. The number of methoxy groups -OCH3 is 3. The SMILES string of the molecule is COc1ccc(O)c(Oc2ccc(OC)cc2OC)c1. The molecule has 0 radical (unpaired) electrons. The topological polar surface area (TPSA) is 57.2 Å². The van der Waals surface area contributed by atoms with Gasteiger partial charge >= 0.3 is 0 Å². The van der Waals surface area contributed by atoms with Crippen LogP contribution in [-0.4, -0.2) is 26.4 Å². The number of aromatic hydroxyl groups is 1. The van der Waals surface area contributed by atoms with Crippen molar-refractivity contribution in [2.45, 2.75) is 0 Å². The van der Waals surface area contributed by atoms with Crippen LogP contribution in [0, 0.1) is 0 Å². The number of benzene rings is 2. The molecule has 20 heavy (non-hydrogen) atoms. The molecule has 0 amide bonds. The molecule has 0 aromatic heterocycles. The Morgan fingerprint density at radius 2 is 1.30 bits per heavy atom. The lowest BCUT2D eigenvalue weighted by molar-refractivity contribution is 0.356. The maximum Gasteiger partial charge on any atom is 0.172 e. The summed E-state index contributed by atoms with van der Waals surface area (Å²) in [6.45, 7) is 0. The maximum atomic E-state index is 9.81. The van der Waals surface area contributed by atoms with Gasteiger partial charge in [-0.1, -0.05) is 0 Å². The van der Waals surface area contributed by atoms with Gasteiger partial charge in [-0.25, -0.2) is 0 Å². The van der Waals surface area contributed by atoms with Crippen LogP contribution >= 0.6 is 0 Å². The van der Waals surface area contributed by atoms with E-state index < -0.39 is 0 Å². The molecule has 0 aliphatic heterocycles. The third-order valence-corrected chi connectivity index (χ3v) is 2.76. The molecule has 0 heterocycles. The molecule has 5 heteroatoms. The average molecular weight is 276 g/mol. The van der Waals surface area contributed by atoms with E-state index in [1.165, 1.54) is 13.2 Å². The lowest BCUT2D eigenvalue weighted by Crippen LogP contribution is -1.93. The zero-order valence-electron chi connectivity index (χ0n) is 11.5. The van der Waals surface area contributed by atoms with E-state index in [4.69, 9.17) is 18.9 Å². The minimum absolute atomic E-state index is 0.0173. The van der Waals surface area contributed by atoms with Crippen molar-refractivity contribution in [1.82, 2.24) is 0 Å². The van der Waals surface area contributed by atoms with Crippen LogP contribution in [0.4, 0.5) is 0 Å². The van der Waals surface area contributed by atoms with Crippen LogP contribution in [-0.2, 0) is 0 Å². The zero-order valence-corrected chi connectivity index (χ0v) is 11.5. The van der Waals surface area contributed by atoms with Crippen molar-refractivity contribution in [1.29, 1.82) is 0 Å². The molecule has 106 valence electrons. The number of rotatable bonds is 5. The van der Waals surface area contributed by atoms with Gasteiger partial charge in [0.15, 0.2) is 23.0 Å². The van der Waals surface area contributed by atoms with Crippen molar-refractivity contribution in [3.8, 4) is 34.5 Å². The standard InChI is InChI=1S/C15H16O5/c1-17-10-4-6-12(16)14(8-10)20-13-7-5-11(18-2)9-15(13)19-3/h4-9,16H,1-3H3. The van der Waals surface area contributed by atoms with Gasteiger partial charge in [0.1, 0.15) is 11.5 Å². The fourth-order valence-corrected chi connectivity index (χ4v) is 1.68. The summed E-state index contributed by atoms with van der Waals surface area (Å²) in [6.07, 6.45) is 0. The minimum Gasteiger partial charge on any atom is -0.504 e. The highest BCUT2D eigenvalue weighted by molar-refractivity contribution is 5.51. The van der Waals surface area contributed by atoms with Crippen LogP contribution in [0.2, 0.25) is 0 Å². The van der Waals surface area contributed by atoms with E-state index in [1.807, 2.05) is 0 Å². The molecule has 0 atom stereocenters. The summed E-state index contributed by atoms with van der Waals surface area (Å²) in [4.78, 5) is 0. The van der Waals surface area contributed by atoms with E-state index in [0.29, 0.717) is 23.0 Å². The fraction of sp³-hybridized carbons (Fsp3) is 0.200. The summed E-state index contributed by atoms with van der Waals surface area (Å²) in [5.41, 5.74) is 0. The van der Waals surface area contributed by atoms with Crippen molar-refractivity contribution in [2.75, 3.05) is 21.3 Å². The van der Waals surface area contributed by atoms with Crippen LogP contribution in [0.25, 0.3) is 0 Å². The molecule has 5 nitrogen and oxygen atoms in total. The second kappa shape index (κ2) is 6.06. The van der Waals surface area contributed by atoms with Gasteiger partial charge in [-0.15, -0.1) is 0 Å². The normalized spacial score (nSPS) is 9.95. The monoisotopic (exact) mass is 276 g/mol. The summed E-state index contributed by atoms with van der Waals surface area (Å²) in [6, 6.07) is 9.90. The predicted octanol–water partition coefficient (Wildman–Crippen LogP) is 3.21. The van der Waals surface area contributed by atoms with Crippen molar-refractivity contribution in [3.63, 3.8) is 0 Å². The third kappa shape index (κ3) is 2.88.